The highest BCUT2D eigenvalue weighted by Gasteiger charge is 2.23. The zero-order valence-electron chi connectivity index (χ0n) is 13.8. The molecule has 1 aromatic rings. The maximum absolute atomic E-state index is 11.7. The van der Waals surface area contributed by atoms with Crippen LogP contribution >= 0.6 is 0 Å². The van der Waals surface area contributed by atoms with E-state index in [2.05, 4.69) is 41.4 Å². The minimum Gasteiger partial charge on any atom is -0.381 e. The van der Waals surface area contributed by atoms with Crippen LogP contribution in [0.1, 0.15) is 30.9 Å². The van der Waals surface area contributed by atoms with Crippen molar-refractivity contribution in [1.29, 1.82) is 0 Å². The Kier molecular flexibility index (Phi) is 6.87. The first-order valence-electron chi connectivity index (χ1n) is 8.30. The molecule has 0 aromatic heterocycles. The van der Waals surface area contributed by atoms with Crippen molar-refractivity contribution < 1.29 is 9.53 Å². The van der Waals surface area contributed by atoms with Gasteiger partial charge in [0.1, 0.15) is 0 Å². The highest BCUT2D eigenvalue weighted by molar-refractivity contribution is 5.75. The molecule has 1 aromatic carbocycles. The van der Waals surface area contributed by atoms with Crippen LogP contribution in [0.3, 0.4) is 0 Å². The summed E-state index contributed by atoms with van der Waals surface area (Å²) in [6.45, 7) is 9.29. The highest BCUT2D eigenvalue weighted by atomic mass is 16.5. The standard InChI is InChI=1S/C18H28N2O2/c1-3-22-11-9-18(21)19-12-16-8-10-20(13-16)14-17-7-5-4-6-15(17)2/h4-7,16H,3,8-14H2,1-2H3,(H,19,21)/t16-/m0/s1. The number of carbonyl (C=O) groups is 1. The average molecular weight is 304 g/mol. The van der Waals surface area contributed by atoms with Gasteiger partial charge in [-0.15, -0.1) is 0 Å². The second-order valence-corrected chi connectivity index (χ2v) is 6.07. The summed E-state index contributed by atoms with van der Waals surface area (Å²) in [5.74, 6) is 0.672. The van der Waals surface area contributed by atoms with Gasteiger partial charge in [-0.2, -0.15) is 0 Å². The number of carbonyl (C=O) groups excluding carboxylic acids is 1. The number of amides is 1. The molecule has 1 aliphatic rings. The van der Waals surface area contributed by atoms with Crippen LogP contribution in [-0.4, -0.2) is 43.7 Å². The van der Waals surface area contributed by atoms with E-state index < -0.39 is 0 Å². The van der Waals surface area contributed by atoms with Crippen LogP contribution < -0.4 is 5.32 Å². The van der Waals surface area contributed by atoms with Crippen LogP contribution in [0.25, 0.3) is 0 Å². The van der Waals surface area contributed by atoms with Crippen LogP contribution in [0.2, 0.25) is 0 Å². The Balaban J connectivity index is 1.67. The molecule has 0 saturated carbocycles. The van der Waals surface area contributed by atoms with E-state index in [1.54, 1.807) is 0 Å². The molecule has 1 N–H and O–H groups in total. The third-order valence-electron chi connectivity index (χ3n) is 4.29. The second-order valence-electron chi connectivity index (χ2n) is 6.07. The molecule has 0 unspecified atom stereocenters. The summed E-state index contributed by atoms with van der Waals surface area (Å²) in [5, 5.41) is 3.03. The van der Waals surface area contributed by atoms with Gasteiger partial charge in [-0.05, 0) is 43.9 Å². The summed E-state index contributed by atoms with van der Waals surface area (Å²) >= 11 is 0. The lowest BCUT2D eigenvalue weighted by molar-refractivity contribution is -0.122. The summed E-state index contributed by atoms with van der Waals surface area (Å²) in [4.78, 5) is 14.2. The molecule has 122 valence electrons. The average Bonchev–Trinajstić information content (AvgIpc) is 2.95. The molecule has 1 amide bonds. The molecule has 0 bridgehead atoms. The summed E-state index contributed by atoms with van der Waals surface area (Å²) in [5.41, 5.74) is 2.76. The molecule has 0 spiro atoms. The van der Waals surface area contributed by atoms with Gasteiger partial charge in [-0.25, -0.2) is 0 Å². The molecule has 2 rings (SSSR count). The Morgan fingerprint density at radius 2 is 2.23 bits per heavy atom. The van der Waals surface area contributed by atoms with Crippen molar-refractivity contribution in [2.75, 3.05) is 32.8 Å². The highest BCUT2D eigenvalue weighted by Crippen LogP contribution is 2.19. The fourth-order valence-corrected chi connectivity index (χ4v) is 2.91. The maximum Gasteiger partial charge on any atom is 0.222 e. The summed E-state index contributed by atoms with van der Waals surface area (Å²) < 4.78 is 5.20. The molecule has 0 radical (unpaired) electrons. The smallest absolute Gasteiger partial charge is 0.222 e. The quantitative estimate of drug-likeness (QED) is 0.750. The van der Waals surface area contributed by atoms with E-state index in [4.69, 9.17) is 4.74 Å². The molecule has 0 aliphatic carbocycles. The first-order valence-corrected chi connectivity index (χ1v) is 8.30. The van der Waals surface area contributed by atoms with Crippen molar-refractivity contribution in [2.45, 2.75) is 33.2 Å². The van der Waals surface area contributed by atoms with Crippen LogP contribution in [0.15, 0.2) is 24.3 Å². The molecule has 1 atom stereocenters. The van der Waals surface area contributed by atoms with E-state index in [0.29, 0.717) is 25.6 Å². The lowest BCUT2D eigenvalue weighted by Gasteiger charge is -2.17. The van der Waals surface area contributed by atoms with Crippen molar-refractivity contribution in [1.82, 2.24) is 10.2 Å². The first kappa shape index (κ1) is 17.0. The zero-order chi connectivity index (χ0) is 15.8. The van der Waals surface area contributed by atoms with Gasteiger partial charge in [0.2, 0.25) is 5.91 Å². The molecular formula is C18H28N2O2. The Hall–Kier alpha value is -1.39. The number of hydrogen-bond acceptors (Lipinski definition) is 3. The van der Waals surface area contributed by atoms with E-state index in [0.717, 1.165) is 32.6 Å². The number of ether oxygens (including phenoxy) is 1. The van der Waals surface area contributed by atoms with E-state index in [1.807, 2.05) is 6.92 Å². The summed E-state index contributed by atoms with van der Waals surface area (Å²) in [6, 6.07) is 8.57. The normalized spacial score (nSPS) is 18.5. The monoisotopic (exact) mass is 304 g/mol. The van der Waals surface area contributed by atoms with E-state index in [-0.39, 0.29) is 5.91 Å². The summed E-state index contributed by atoms with van der Waals surface area (Å²) in [7, 11) is 0. The van der Waals surface area contributed by atoms with Crippen LogP contribution in [0.5, 0.6) is 0 Å². The molecule has 1 aliphatic heterocycles. The molecule has 1 saturated heterocycles. The van der Waals surface area contributed by atoms with Gasteiger partial charge in [0, 0.05) is 32.7 Å². The van der Waals surface area contributed by atoms with Gasteiger partial charge < -0.3 is 10.1 Å². The Morgan fingerprint density at radius 3 is 3.00 bits per heavy atom. The molecular weight excluding hydrogens is 276 g/mol. The van der Waals surface area contributed by atoms with Gasteiger partial charge >= 0.3 is 0 Å². The molecule has 1 heterocycles. The van der Waals surface area contributed by atoms with Gasteiger partial charge in [0.25, 0.3) is 0 Å². The third kappa shape index (κ3) is 5.43. The number of likely N-dealkylation sites (tertiary alicyclic amines) is 1. The van der Waals surface area contributed by atoms with Crippen molar-refractivity contribution >= 4 is 5.91 Å². The van der Waals surface area contributed by atoms with E-state index in [1.165, 1.54) is 11.1 Å². The van der Waals surface area contributed by atoms with Crippen molar-refractivity contribution in [3.8, 4) is 0 Å². The maximum atomic E-state index is 11.7. The van der Waals surface area contributed by atoms with Crippen molar-refractivity contribution in [3.05, 3.63) is 35.4 Å². The largest absolute Gasteiger partial charge is 0.381 e. The SMILES string of the molecule is CCOCCC(=O)NC[C@@H]1CCN(Cc2ccccc2C)C1. The number of aryl methyl sites for hydroxylation is 1. The molecule has 22 heavy (non-hydrogen) atoms. The van der Waals surface area contributed by atoms with Gasteiger partial charge in [-0.1, -0.05) is 24.3 Å². The third-order valence-corrected chi connectivity index (χ3v) is 4.29. The predicted octanol–water partition coefficient (Wildman–Crippen LogP) is 2.36. The second kappa shape index (κ2) is 8.91. The van der Waals surface area contributed by atoms with Crippen molar-refractivity contribution in [3.63, 3.8) is 0 Å². The van der Waals surface area contributed by atoms with Crippen LogP contribution in [0.4, 0.5) is 0 Å². The Morgan fingerprint density at radius 1 is 1.41 bits per heavy atom. The number of nitrogens with zero attached hydrogens (tertiary/aromatic N) is 1. The van der Waals surface area contributed by atoms with Gasteiger partial charge in [-0.3, -0.25) is 9.69 Å². The van der Waals surface area contributed by atoms with E-state index >= 15 is 0 Å². The Labute approximate surface area is 133 Å². The van der Waals surface area contributed by atoms with Crippen LogP contribution in [0, 0.1) is 12.8 Å². The molecule has 4 heteroatoms. The van der Waals surface area contributed by atoms with Crippen molar-refractivity contribution in [2.24, 2.45) is 5.92 Å². The topological polar surface area (TPSA) is 41.6 Å². The fourth-order valence-electron chi connectivity index (χ4n) is 2.91. The first-order chi connectivity index (χ1) is 10.7. The number of benzene rings is 1. The summed E-state index contributed by atoms with van der Waals surface area (Å²) in [6.07, 6.45) is 1.63. The Bertz CT molecular complexity index is 476. The minimum absolute atomic E-state index is 0.103. The number of hydrogen-bond donors (Lipinski definition) is 1. The van der Waals surface area contributed by atoms with Crippen LogP contribution in [-0.2, 0) is 16.1 Å². The zero-order valence-corrected chi connectivity index (χ0v) is 13.8. The number of rotatable bonds is 8. The predicted molar refractivity (Wildman–Crippen MR) is 88.7 cm³/mol. The lowest BCUT2D eigenvalue weighted by atomic mass is 10.1. The van der Waals surface area contributed by atoms with E-state index in [9.17, 15) is 4.79 Å². The van der Waals surface area contributed by atoms with Gasteiger partial charge in [0.05, 0.1) is 6.61 Å². The molecule has 4 nitrogen and oxygen atoms in total. The lowest BCUT2D eigenvalue weighted by Crippen LogP contribution is -2.31. The fraction of sp³-hybridized carbons (Fsp3) is 0.611. The van der Waals surface area contributed by atoms with Gasteiger partial charge in [0.15, 0.2) is 0 Å². The minimum atomic E-state index is 0.103. The number of nitrogens with one attached hydrogen (secondary N) is 1. The molecule has 1 fully saturated rings.